The molecule has 0 spiro atoms. The van der Waals surface area contributed by atoms with Crippen LogP contribution in [0.4, 0.5) is 14.5 Å². The molecule has 156 valence electrons. The molecule has 7 nitrogen and oxygen atoms in total. The summed E-state index contributed by atoms with van der Waals surface area (Å²) in [5.74, 6) is -3.12. The highest BCUT2D eigenvalue weighted by Gasteiger charge is 2.33. The van der Waals surface area contributed by atoms with E-state index in [2.05, 4.69) is 5.32 Å². The average molecular weight is 407 g/mol. The summed E-state index contributed by atoms with van der Waals surface area (Å²) in [5.41, 5.74) is -1.60. The topological polar surface area (TPSA) is 83.8 Å². The Kier molecular flexibility index (Phi) is 5.04. The predicted molar refractivity (Wildman–Crippen MR) is 104 cm³/mol. The van der Waals surface area contributed by atoms with Crippen molar-refractivity contribution in [2.75, 3.05) is 31.6 Å². The number of hydrogen-bond acceptors (Lipinski definition) is 5. The number of anilines is 1. The van der Waals surface area contributed by atoms with Gasteiger partial charge in [0.05, 0.1) is 23.1 Å². The molecule has 2 N–H and O–H groups in total. The number of fused-ring (bicyclic) bond motifs is 1. The first-order valence-electron chi connectivity index (χ1n) is 9.67. The van der Waals surface area contributed by atoms with Gasteiger partial charge in [-0.3, -0.25) is 4.79 Å². The Balaban J connectivity index is 1.91. The van der Waals surface area contributed by atoms with E-state index in [0.717, 1.165) is 18.9 Å². The summed E-state index contributed by atoms with van der Waals surface area (Å²) in [6, 6.07) is 0.874. The van der Waals surface area contributed by atoms with E-state index < -0.39 is 28.6 Å². The number of halogens is 2. The fourth-order valence-electron chi connectivity index (χ4n) is 4.08. The molecule has 1 aliphatic heterocycles. The number of morpholine rings is 1. The first-order valence-corrected chi connectivity index (χ1v) is 9.67. The highest BCUT2D eigenvalue weighted by atomic mass is 19.1. The van der Waals surface area contributed by atoms with Gasteiger partial charge in [-0.05, 0) is 32.9 Å². The Morgan fingerprint density at radius 1 is 1.34 bits per heavy atom. The number of carbonyl (C=O) groups is 1. The molecule has 29 heavy (non-hydrogen) atoms. The number of ether oxygens (including phenoxy) is 1. The molecule has 2 aliphatic rings. The number of aromatic carboxylic acids is 1. The standard InChI is InChI=1S/C20H23F2N3O4/c1-10-7-24(8-12(29-10)6-23-2)18-15(21)5-13-17(16(18)22)25(11-3-4-11)9-14(19(13)26)20(27)28/h5,9-12,23H,3-4,6-8H2,1-2H3,(H,27,28). The quantitative estimate of drug-likeness (QED) is 0.790. The molecule has 2 fully saturated rings. The molecule has 2 unspecified atom stereocenters. The zero-order chi connectivity index (χ0) is 20.9. The molecular weight excluding hydrogens is 384 g/mol. The van der Waals surface area contributed by atoms with Gasteiger partial charge in [0.15, 0.2) is 5.82 Å². The van der Waals surface area contributed by atoms with Gasteiger partial charge < -0.3 is 24.6 Å². The molecule has 1 aliphatic carbocycles. The van der Waals surface area contributed by atoms with Crippen molar-refractivity contribution in [1.29, 1.82) is 0 Å². The third kappa shape index (κ3) is 3.49. The third-order valence-corrected chi connectivity index (χ3v) is 5.43. The lowest BCUT2D eigenvalue weighted by Gasteiger charge is -2.38. The summed E-state index contributed by atoms with van der Waals surface area (Å²) >= 11 is 0. The van der Waals surface area contributed by atoms with Gasteiger partial charge in [-0.2, -0.15) is 0 Å². The first-order chi connectivity index (χ1) is 13.8. The Labute approximate surface area is 165 Å². The maximum Gasteiger partial charge on any atom is 0.341 e. The van der Waals surface area contributed by atoms with Gasteiger partial charge >= 0.3 is 5.97 Å². The fraction of sp³-hybridized carbons (Fsp3) is 0.500. The molecule has 4 rings (SSSR count). The van der Waals surface area contributed by atoms with Crippen molar-refractivity contribution in [3.63, 3.8) is 0 Å². The van der Waals surface area contributed by atoms with Gasteiger partial charge in [-0.1, -0.05) is 0 Å². The van der Waals surface area contributed by atoms with Crippen LogP contribution in [0.2, 0.25) is 0 Å². The van der Waals surface area contributed by atoms with Gasteiger partial charge in [-0.15, -0.1) is 0 Å². The highest BCUT2D eigenvalue weighted by molar-refractivity contribution is 5.94. The second-order valence-corrected chi connectivity index (χ2v) is 7.76. The second-order valence-electron chi connectivity index (χ2n) is 7.76. The van der Waals surface area contributed by atoms with E-state index in [9.17, 15) is 14.7 Å². The number of nitrogens with one attached hydrogen (secondary N) is 1. The van der Waals surface area contributed by atoms with E-state index in [1.165, 1.54) is 10.8 Å². The van der Waals surface area contributed by atoms with E-state index >= 15 is 8.78 Å². The Bertz CT molecular complexity index is 1030. The fourth-order valence-corrected chi connectivity index (χ4v) is 4.08. The molecule has 1 saturated carbocycles. The van der Waals surface area contributed by atoms with Crippen molar-refractivity contribution in [3.05, 3.63) is 39.7 Å². The van der Waals surface area contributed by atoms with Crippen LogP contribution in [-0.2, 0) is 4.74 Å². The van der Waals surface area contributed by atoms with Crippen LogP contribution < -0.4 is 15.6 Å². The minimum atomic E-state index is -1.41. The van der Waals surface area contributed by atoms with E-state index in [4.69, 9.17) is 4.74 Å². The van der Waals surface area contributed by atoms with E-state index in [-0.39, 0.29) is 34.8 Å². The van der Waals surface area contributed by atoms with Crippen LogP contribution in [0.15, 0.2) is 17.1 Å². The minimum absolute atomic E-state index is 0.0387. The van der Waals surface area contributed by atoms with Gasteiger partial charge in [0.1, 0.15) is 17.1 Å². The molecular formula is C20H23F2N3O4. The van der Waals surface area contributed by atoms with Crippen LogP contribution in [0.3, 0.4) is 0 Å². The number of hydrogen-bond donors (Lipinski definition) is 2. The van der Waals surface area contributed by atoms with Crippen molar-refractivity contribution in [2.24, 2.45) is 0 Å². The molecule has 2 aromatic rings. The Morgan fingerprint density at radius 3 is 2.69 bits per heavy atom. The van der Waals surface area contributed by atoms with Gasteiger partial charge in [-0.25, -0.2) is 13.6 Å². The number of pyridine rings is 1. The smallest absolute Gasteiger partial charge is 0.341 e. The molecule has 9 heteroatoms. The number of nitrogens with zero attached hydrogens (tertiary/aromatic N) is 2. The summed E-state index contributed by atoms with van der Waals surface area (Å²) in [5, 5.41) is 12.1. The molecule has 2 atom stereocenters. The SMILES string of the molecule is CNCC1CN(c2c(F)cc3c(=O)c(C(=O)O)cn(C4CC4)c3c2F)CC(C)O1. The zero-order valence-corrected chi connectivity index (χ0v) is 16.2. The Morgan fingerprint density at radius 2 is 2.07 bits per heavy atom. The van der Waals surface area contributed by atoms with Gasteiger partial charge in [0, 0.05) is 31.9 Å². The summed E-state index contributed by atoms with van der Waals surface area (Å²) in [7, 11) is 1.78. The number of carboxylic acids is 1. The number of benzene rings is 1. The van der Waals surface area contributed by atoms with Crippen molar-refractivity contribution >= 4 is 22.6 Å². The maximum atomic E-state index is 15.7. The van der Waals surface area contributed by atoms with Crippen molar-refractivity contribution in [2.45, 2.75) is 38.0 Å². The van der Waals surface area contributed by atoms with Crippen LogP contribution in [-0.4, -0.2) is 54.5 Å². The van der Waals surface area contributed by atoms with Crippen LogP contribution in [0.25, 0.3) is 10.9 Å². The molecule has 0 amide bonds. The van der Waals surface area contributed by atoms with Crippen LogP contribution in [0.5, 0.6) is 0 Å². The van der Waals surface area contributed by atoms with Crippen LogP contribution in [0, 0.1) is 11.6 Å². The Hall–Kier alpha value is -2.52. The third-order valence-electron chi connectivity index (χ3n) is 5.43. The van der Waals surface area contributed by atoms with E-state index in [1.807, 2.05) is 6.92 Å². The number of likely N-dealkylation sites (N-methyl/N-ethyl adjacent to an activating group) is 1. The summed E-state index contributed by atoms with van der Waals surface area (Å²) in [6.45, 7) is 2.98. The van der Waals surface area contributed by atoms with Crippen molar-refractivity contribution < 1.29 is 23.4 Å². The number of carboxylic acid groups (broad SMARTS) is 1. The molecule has 1 aromatic heterocycles. The monoisotopic (exact) mass is 407 g/mol. The zero-order valence-electron chi connectivity index (χ0n) is 16.2. The molecule has 1 saturated heterocycles. The maximum absolute atomic E-state index is 15.7. The van der Waals surface area contributed by atoms with Gasteiger partial charge in [0.2, 0.25) is 5.43 Å². The highest BCUT2D eigenvalue weighted by Crippen LogP contribution is 2.40. The normalized spacial score (nSPS) is 22.3. The lowest BCUT2D eigenvalue weighted by atomic mass is 10.1. The first kappa shape index (κ1) is 19.8. The summed E-state index contributed by atoms with van der Waals surface area (Å²) < 4.78 is 38.0. The predicted octanol–water partition coefficient (Wildman–Crippen LogP) is 2.13. The minimum Gasteiger partial charge on any atom is -0.477 e. The van der Waals surface area contributed by atoms with Crippen molar-refractivity contribution in [3.8, 4) is 0 Å². The van der Waals surface area contributed by atoms with Crippen molar-refractivity contribution in [1.82, 2.24) is 9.88 Å². The van der Waals surface area contributed by atoms with Crippen LogP contribution >= 0.6 is 0 Å². The van der Waals surface area contributed by atoms with E-state index in [1.54, 1.807) is 11.9 Å². The lowest BCUT2D eigenvalue weighted by Crippen LogP contribution is -2.50. The average Bonchev–Trinajstić information content (AvgIpc) is 3.47. The number of rotatable bonds is 5. The number of aromatic nitrogens is 1. The second kappa shape index (κ2) is 7.38. The molecule has 0 radical (unpaired) electrons. The van der Waals surface area contributed by atoms with Crippen LogP contribution in [0.1, 0.15) is 36.2 Å². The molecule has 1 aromatic carbocycles. The van der Waals surface area contributed by atoms with E-state index in [0.29, 0.717) is 19.6 Å². The summed E-state index contributed by atoms with van der Waals surface area (Å²) in [4.78, 5) is 25.6. The largest absolute Gasteiger partial charge is 0.477 e. The molecule has 0 bridgehead atoms. The lowest BCUT2D eigenvalue weighted by molar-refractivity contribution is -0.0141. The van der Waals surface area contributed by atoms with Gasteiger partial charge in [0.25, 0.3) is 0 Å². The molecule has 2 heterocycles. The summed E-state index contributed by atoms with van der Waals surface area (Å²) in [6.07, 6.45) is 2.22.